The van der Waals surface area contributed by atoms with Crippen LogP contribution in [0, 0.1) is 0 Å². The van der Waals surface area contributed by atoms with E-state index in [4.69, 9.17) is 15.2 Å². The van der Waals surface area contributed by atoms with Crippen LogP contribution in [0.3, 0.4) is 0 Å². The maximum Gasteiger partial charge on any atom is 0.225 e. The smallest absolute Gasteiger partial charge is 0.225 e. The van der Waals surface area contributed by atoms with Crippen molar-refractivity contribution in [1.29, 1.82) is 0 Å². The summed E-state index contributed by atoms with van der Waals surface area (Å²) in [6.07, 6.45) is 1.06. The van der Waals surface area contributed by atoms with Crippen molar-refractivity contribution in [2.75, 3.05) is 34.4 Å². The summed E-state index contributed by atoms with van der Waals surface area (Å²) in [7, 11) is 5.05. The number of amides is 1. The lowest BCUT2D eigenvalue weighted by Gasteiger charge is -2.15. The first-order chi connectivity index (χ1) is 9.10. The van der Waals surface area contributed by atoms with Crippen LogP contribution in [-0.4, -0.2) is 45.2 Å². The number of methoxy groups -OCH3 is 1. The Kier molecular flexibility index (Phi) is 6.15. The number of benzene rings is 1. The van der Waals surface area contributed by atoms with Crippen LogP contribution in [0.2, 0.25) is 0 Å². The van der Waals surface area contributed by atoms with Crippen molar-refractivity contribution in [3.8, 4) is 11.5 Å². The molecule has 0 aromatic heterocycles. The van der Waals surface area contributed by atoms with Crippen molar-refractivity contribution in [3.63, 3.8) is 0 Å². The molecule has 0 aliphatic rings. The molecule has 0 spiro atoms. The standard InChI is InChI=1S/C14H22N2O3/c1-16(2)13(17)8-10-19-14-11(7-9-15)5-4-6-12(14)18-3/h4-6H,7-10,15H2,1-3H3. The molecule has 5 nitrogen and oxygen atoms in total. The number of nitrogens with zero attached hydrogens (tertiary/aromatic N) is 1. The molecule has 0 aliphatic heterocycles. The summed E-state index contributed by atoms with van der Waals surface area (Å²) >= 11 is 0. The molecule has 1 rings (SSSR count). The highest BCUT2D eigenvalue weighted by atomic mass is 16.5. The van der Waals surface area contributed by atoms with Crippen LogP contribution in [0.5, 0.6) is 11.5 Å². The van der Waals surface area contributed by atoms with Gasteiger partial charge in [-0.15, -0.1) is 0 Å². The molecule has 19 heavy (non-hydrogen) atoms. The number of carbonyl (C=O) groups excluding carboxylic acids is 1. The van der Waals surface area contributed by atoms with E-state index >= 15 is 0 Å². The van der Waals surface area contributed by atoms with E-state index in [9.17, 15) is 4.79 Å². The van der Waals surface area contributed by atoms with E-state index in [1.807, 2.05) is 18.2 Å². The second kappa shape index (κ2) is 7.63. The lowest BCUT2D eigenvalue weighted by molar-refractivity contribution is -0.129. The van der Waals surface area contributed by atoms with Gasteiger partial charge in [-0.25, -0.2) is 0 Å². The molecule has 0 saturated carbocycles. The number of rotatable bonds is 7. The van der Waals surface area contributed by atoms with E-state index in [-0.39, 0.29) is 5.91 Å². The van der Waals surface area contributed by atoms with Crippen molar-refractivity contribution in [3.05, 3.63) is 23.8 Å². The van der Waals surface area contributed by atoms with Gasteiger partial charge in [0.15, 0.2) is 11.5 Å². The molecule has 1 aromatic rings. The molecule has 1 amide bonds. The van der Waals surface area contributed by atoms with Gasteiger partial charge < -0.3 is 20.1 Å². The first-order valence-electron chi connectivity index (χ1n) is 6.29. The Morgan fingerprint density at radius 3 is 2.68 bits per heavy atom. The van der Waals surface area contributed by atoms with Gasteiger partial charge in [-0.2, -0.15) is 0 Å². The number of carbonyl (C=O) groups is 1. The number of para-hydroxylation sites is 1. The van der Waals surface area contributed by atoms with Gasteiger partial charge >= 0.3 is 0 Å². The average molecular weight is 266 g/mol. The third-order valence-corrected chi connectivity index (χ3v) is 2.76. The highest BCUT2D eigenvalue weighted by Gasteiger charge is 2.11. The lowest BCUT2D eigenvalue weighted by Crippen LogP contribution is -2.23. The van der Waals surface area contributed by atoms with Gasteiger partial charge in [-0.3, -0.25) is 4.79 Å². The lowest BCUT2D eigenvalue weighted by atomic mass is 10.1. The zero-order valence-corrected chi connectivity index (χ0v) is 11.8. The van der Waals surface area contributed by atoms with Crippen LogP contribution in [0.4, 0.5) is 0 Å². The van der Waals surface area contributed by atoms with Crippen molar-refractivity contribution in [1.82, 2.24) is 4.90 Å². The molecule has 5 heteroatoms. The first kappa shape index (κ1) is 15.3. The number of hydrogen-bond donors (Lipinski definition) is 1. The second-order valence-electron chi connectivity index (χ2n) is 4.37. The van der Waals surface area contributed by atoms with Gasteiger partial charge in [0.1, 0.15) is 0 Å². The summed E-state index contributed by atoms with van der Waals surface area (Å²) in [6.45, 7) is 0.870. The normalized spacial score (nSPS) is 10.1. The topological polar surface area (TPSA) is 64.8 Å². The summed E-state index contributed by atoms with van der Waals surface area (Å²) in [4.78, 5) is 13.0. The summed E-state index contributed by atoms with van der Waals surface area (Å²) in [6, 6.07) is 5.70. The number of nitrogens with two attached hydrogens (primary N) is 1. The second-order valence-corrected chi connectivity index (χ2v) is 4.37. The predicted molar refractivity (Wildman–Crippen MR) is 74.6 cm³/mol. The fourth-order valence-corrected chi connectivity index (χ4v) is 1.70. The SMILES string of the molecule is COc1cccc(CCN)c1OCCC(=O)N(C)C. The van der Waals surface area contributed by atoms with E-state index in [0.29, 0.717) is 37.5 Å². The van der Waals surface area contributed by atoms with E-state index < -0.39 is 0 Å². The van der Waals surface area contributed by atoms with Crippen LogP contribution in [0.1, 0.15) is 12.0 Å². The van der Waals surface area contributed by atoms with Gasteiger partial charge in [-0.1, -0.05) is 12.1 Å². The molecular formula is C14H22N2O3. The van der Waals surface area contributed by atoms with Crippen LogP contribution in [-0.2, 0) is 11.2 Å². The van der Waals surface area contributed by atoms with Gasteiger partial charge in [-0.05, 0) is 24.6 Å². The van der Waals surface area contributed by atoms with Crippen LogP contribution in [0.25, 0.3) is 0 Å². The predicted octanol–water partition coefficient (Wildman–Crippen LogP) is 1.05. The third kappa shape index (κ3) is 4.44. The molecule has 0 aliphatic carbocycles. The molecule has 106 valence electrons. The third-order valence-electron chi connectivity index (χ3n) is 2.76. The molecular weight excluding hydrogens is 244 g/mol. The quantitative estimate of drug-likeness (QED) is 0.801. The largest absolute Gasteiger partial charge is 0.493 e. The molecule has 2 N–H and O–H groups in total. The highest BCUT2D eigenvalue weighted by Crippen LogP contribution is 2.31. The van der Waals surface area contributed by atoms with E-state index in [0.717, 1.165) is 5.56 Å². The monoisotopic (exact) mass is 266 g/mol. The first-order valence-corrected chi connectivity index (χ1v) is 6.29. The molecule has 0 bridgehead atoms. The van der Waals surface area contributed by atoms with Gasteiger partial charge in [0.05, 0.1) is 20.1 Å². The number of ether oxygens (including phenoxy) is 2. The van der Waals surface area contributed by atoms with Crippen molar-refractivity contribution in [2.24, 2.45) is 5.73 Å². The van der Waals surface area contributed by atoms with Crippen molar-refractivity contribution >= 4 is 5.91 Å². The van der Waals surface area contributed by atoms with E-state index in [1.54, 1.807) is 26.1 Å². The summed E-state index contributed by atoms with van der Waals surface area (Å²) in [5, 5.41) is 0. The molecule has 0 saturated heterocycles. The van der Waals surface area contributed by atoms with Gasteiger partial charge in [0, 0.05) is 14.1 Å². The zero-order valence-electron chi connectivity index (χ0n) is 11.8. The Labute approximate surface area is 114 Å². The minimum absolute atomic E-state index is 0.0373. The molecule has 0 heterocycles. The van der Waals surface area contributed by atoms with Crippen LogP contribution >= 0.6 is 0 Å². The molecule has 0 fully saturated rings. The van der Waals surface area contributed by atoms with Gasteiger partial charge in [0.25, 0.3) is 0 Å². The Balaban J connectivity index is 2.72. The molecule has 0 radical (unpaired) electrons. The van der Waals surface area contributed by atoms with E-state index in [1.165, 1.54) is 0 Å². The average Bonchev–Trinajstić information content (AvgIpc) is 2.40. The minimum atomic E-state index is 0.0373. The molecule has 1 aromatic carbocycles. The maximum atomic E-state index is 11.5. The van der Waals surface area contributed by atoms with E-state index in [2.05, 4.69) is 0 Å². The van der Waals surface area contributed by atoms with Gasteiger partial charge in [0.2, 0.25) is 5.91 Å². The Bertz CT molecular complexity index is 419. The summed E-state index contributed by atoms with van der Waals surface area (Å²) in [5.41, 5.74) is 6.58. The minimum Gasteiger partial charge on any atom is -0.493 e. The Morgan fingerprint density at radius 1 is 1.37 bits per heavy atom. The Morgan fingerprint density at radius 2 is 2.11 bits per heavy atom. The Hall–Kier alpha value is -1.75. The summed E-state index contributed by atoms with van der Waals surface area (Å²) < 4.78 is 11.0. The fraction of sp³-hybridized carbons (Fsp3) is 0.500. The zero-order chi connectivity index (χ0) is 14.3. The highest BCUT2D eigenvalue weighted by molar-refractivity contribution is 5.75. The number of hydrogen-bond acceptors (Lipinski definition) is 4. The fourth-order valence-electron chi connectivity index (χ4n) is 1.70. The summed E-state index contributed by atoms with van der Waals surface area (Å²) in [5.74, 6) is 1.39. The maximum absolute atomic E-state index is 11.5. The van der Waals surface area contributed by atoms with Crippen LogP contribution < -0.4 is 15.2 Å². The van der Waals surface area contributed by atoms with Crippen molar-refractivity contribution in [2.45, 2.75) is 12.8 Å². The van der Waals surface area contributed by atoms with Crippen molar-refractivity contribution < 1.29 is 14.3 Å². The van der Waals surface area contributed by atoms with Crippen LogP contribution in [0.15, 0.2) is 18.2 Å². The molecule has 0 unspecified atom stereocenters. The molecule has 0 atom stereocenters.